The molecular weight excluding hydrogens is 480 g/mol. The zero-order chi connectivity index (χ0) is 23.5. The second kappa shape index (κ2) is 10.5. The molecular formula is C23H33BrN2O6. The summed E-state index contributed by atoms with van der Waals surface area (Å²) >= 11 is 3.60. The van der Waals surface area contributed by atoms with E-state index in [4.69, 9.17) is 9.47 Å². The average molecular weight is 513 g/mol. The van der Waals surface area contributed by atoms with Crippen LogP contribution in [-0.2, 0) is 23.9 Å². The Morgan fingerprint density at radius 2 is 2.12 bits per heavy atom. The van der Waals surface area contributed by atoms with Crippen molar-refractivity contribution in [2.24, 2.45) is 11.8 Å². The fourth-order valence-corrected chi connectivity index (χ4v) is 6.38. The molecule has 3 aliphatic rings. The highest BCUT2D eigenvalue weighted by Gasteiger charge is 2.77. The summed E-state index contributed by atoms with van der Waals surface area (Å²) in [6.07, 6.45) is 5.85. The van der Waals surface area contributed by atoms with Crippen molar-refractivity contribution in [2.45, 2.75) is 55.2 Å². The number of nitrogens with zero attached hydrogens (tertiary/aromatic N) is 2. The third-order valence-corrected chi connectivity index (χ3v) is 7.52. The SMILES string of the molecule is C=CCOC(=O)[C@H]1[C@H]2C(=O)N(CCO)C(C(=O)N(CC=C)CCCCC)C23CC(Br)[C@@H]1O3. The van der Waals surface area contributed by atoms with Gasteiger partial charge in [-0.1, -0.05) is 54.4 Å². The van der Waals surface area contributed by atoms with Crippen molar-refractivity contribution in [3.63, 3.8) is 0 Å². The van der Waals surface area contributed by atoms with Gasteiger partial charge in [-0.05, 0) is 12.8 Å². The maximum atomic E-state index is 13.8. The number of fused-ring (bicyclic) bond motifs is 1. The second-order valence-electron chi connectivity index (χ2n) is 8.62. The first-order valence-corrected chi connectivity index (χ1v) is 12.2. The van der Waals surface area contributed by atoms with Gasteiger partial charge in [0.15, 0.2) is 0 Å². The van der Waals surface area contributed by atoms with E-state index in [-0.39, 0.29) is 36.4 Å². The molecule has 3 aliphatic heterocycles. The van der Waals surface area contributed by atoms with E-state index in [2.05, 4.69) is 36.0 Å². The minimum atomic E-state index is -1.13. The minimum absolute atomic E-state index is 0.000215. The van der Waals surface area contributed by atoms with E-state index in [1.54, 1.807) is 11.0 Å². The van der Waals surface area contributed by atoms with Crippen LogP contribution in [0.2, 0.25) is 0 Å². The zero-order valence-corrected chi connectivity index (χ0v) is 20.2. The van der Waals surface area contributed by atoms with Crippen LogP contribution < -0.4 is 0 Å². The number of hydrogen-bond donors (Lipinski definition) is 1. The van der Waals surface area contributed by atoms with Crippen LogP contribution in [0.5, 0.6) is 0 Å². The van der Waals surface area contributed by atoms with Crippen LogP contribution in [-0.4, -0.2) is 88.1 Å². The van der Waals surface area contributed by atoms with Crippen molar-refractivity contribution < 1.29 is 29.0 Å². The van der Waals surface area contributed by atoms with Crippen LogP contribution in [0.4, 0.5) is 0 Å². The predicted molar refractivity (Wildman–Crippen MR) is 122 cm³/mol. The second-order valence-corrected chi connectivity index (χ2v) is 9.79. The molecule has 3 saturated heterocycles. The number of aliphatic hydroxyl groups excluding tert-OH is 1. The molecule has 0 aromatic rings. The van der Waals surface area contributed by atoms with Gasteiger partial charge in [0.2, 0.25) is 11.8 Å². The molecule has 0 aromatic carbocycles. The van der Waals surface area contributed by atoms with Crippen molar-refractivity contribution in [1.82, 2.24) is 9.80 Å². The summed E-state index contributed by atoms with van der Waals surface area (Å²) in [4.78, 5) is 43.1. The maximum Gasteiger partial charge on any atom is 0.312 e. The van der Waals surface area contributed by atoms with Gasteiger partial charge in [0.1, 0.15) is 18.2 Å². The van der Waals surface area contributed by atoms with E-state index >= 15 is 0 Å². The van der Waals surface area contributed by atoms with Gasteiger partial charge in [-0.3, -0.25) is 14.4 Å². The molecule has 3 rings (SSSR count). The Labute approximate surface area is 197 Å². The van der Waals surface area contributed by atoms with Gasteiger partial charge in [0.05, 0.1) is 24.5 Å². The van der Waals surface area contributed by atoms with E-state index in [1.165, 1.54) is 11.0 Å². The quantitative estimate of drug-likeness (QED) is 0.185. The molecule has 1 N–H and O–H groups in total. The number of esters is 1. The van der Waals surface area contributed by atoms with Gasteiger partial charge in [0, 0.05) is 24.5 Å². The van der Waals surface area contributed by atoms with Crippen LogP contribution in [0.1, 0.15) is 32.6 Å². The zero-order valence-electron chi connectivity index (χ0n) is 18.6. The van der Waals surface area contributed by atoms with Crippen LogP contribution >= 0.6 is 15.9 Å². The summed E-state index contributed by atoms with van der Waals surface area (Å²) < 4.78 is 11.6. The van der Waals surface area contributed by atoms with Gasteiger partial charge >= 0.3 is 5.97 Å². The first-order valence-electron chi connectivity index (χ1n) is 11.3. The molecule has 178 valence electrons. The standard InChI is InChI=1S/C23H33BrN2O6/c1-4-7-8-10-25(9-5-2)21(29)19-23-14-15(24)18(32-23)16(22(30)31-13-6-3)17(23)20(28)26(19)11-12-27/h5-6,15-19,27H,2-4,7-14H2,1H3/t15?,16-,17-,18-,19?,23?/m0/s1. The predicted octanol–water partition coefficient (Wildman–Crippen LogP) is 1.66. The van der Waals surface area contributed by atoms with Crippen molar-refractivity contribution >= 4 is 33.7 Å². The largest absolute Gasteiger partial charge is 0.461 e. The highest BCUT2D eigenvalue weighted by molar-refractivity contribution is 9.09. The number of unbranched alkanes of at least 4 members (excludes halogenated alkanes) is 2. The van der Waals surface area contributed by atoms with Crippen LogP contribution in [0.25, 0.3) is 0 Å². The Morgan fingerprint density at radius 1 is 1.38 bits per heavy atom. The molecule has 3 heterocycles. The lowest BCUT2D eigenvalue weighted by Crippen LogP contribution is -2.57. The van der Waals surface area contributed by atoms with Gasteiger partial charge < -0.3 is 24.4 Å². The number of halogens is 1. The number of carbonyl (C=O) groups is 3. The number of carbonyl (C=O) groups excluding carboxylic acids is 3. The highest BCUT2D eigenvalue weighted by atomic mass is 79.9. The molecule has 32 heavy (non-hydrogen) atoms. The minimum Gasteiger partial charge on any atom is -0.461 e. The fourth-order valence-electron chi connectivity index (χ4n) is 5.44. The number of ether oxygens (including phenoxy) is 2. The van der Waals surface area contributed by atoms with Gasteiger partial charge in [0.25, 0.3) is 0 Å². The first kappa shape index (κ1) is 24.9. The van der Waals surface area contributed by atoms with Crippen molar-refractivity contribution in [3.05, 3.63) is 25.3 Å². The monoisotopic (exact) mass is 512 g/mol. The molecule has 6 atom stereocenters. The fraction of sp³-hybridized carbons (Fsp3) is 0.696. The van der Waals surface area contributed by atoms with E-state index < -0.39 is 35.6 Å². The van der Waals surface area contributed by atoms with E-state index in [0.29, 0.717) is 19.5 Å². The molecule has 2 bridgehead atoms. The summed E-state index contributed by atoms with van der Waals surface area (Å²) in [5.41, 5.74) is -1.13. The van der Waals surface area contributed by atoms with Gasteiger partial charge in [-0.15, -0.1) is 6.58 Å². The number of hydrogen-bond acceptors (Lipinski definition) is 6. The topological polar surface area (TPSA) is 96.4 Å². The molecule has 0 aliphatic carbocycles. The molecule has 2 amide bonds. The molecule has 3 unspecified atom stereocenters. The van der Waals surface area contributed by atoms with Gasteiger partial charge in [-0.25, -0.2) is 0 Å². The molecule has 3 fully saturated rings. The average Bonchev–Trinajstić information content (AvgIpc) is 3.35. The Hall–Kier alpha value is -1.71. The highest BCUT2D eigenvalue weighted by Crippen LogP contribution is 2.60. The Kier molecular flexibility index (Phi) is 8.16. The molecule has 9 heteroatoms. The third kappa shape index (κ3) is 4.15. The number of aliphatic hydroxyl groups is 1. The summed E-state index contributed by atoms with van der Waals surface area (Å²) in [5, 5.41) is 9.65. The van der Waals surface area contributed by atoms with Crippen molar-refractivity contribution in [2.75, 3.05) is 32.8 Å². The van der Waals surface area contributed by atoms with E-state index in [9.17, 15) is 19.5 Å². The summed E-state index contributed by atoms with van der Waals surface area (Å²) in [5.74, 6) is -2.73. The number of alkyl halides is 1. The molecule has 0 saturated carbocycles. The number of amides is 2. The van der Waals surface area contributed by atoms with Crippen LogP contribution in [0.3, 0.4) is 0 Å². The normalized spacial score (nSPS) is 32.7. The summed E-state index contributed by atoms with van der Waals surface area (Å²) in [6.45, 7) is 10.1. The number of β-amino-alcohol motifs (C(OH)–C–C–N with tert-alkyl or cyclic N) is 1. The lowest BCUT2D eigenvalue weighted by Gasteiger charge is -2.37. The van der Waals surface area contributed by atoms with Crippen molar-refractivity contribution in [3.8, 4) is 0 Å². The first-order chi connectivity index (χ1) is 15.4. The number of likely N-dealkylation sites (tertiary alicyclic amines) is 1. The molecule has 0 aromatic heterocycles. The van der Waals surface area contributed by atoms with E-state index in [1.807, 2.05) is 0 Å². The molecule has 0 radical (unpaired) electrons. The van der Waals surface area contributed by atoms with Crippen molar-refractivity contribution in [1.29, 1.82) is 0 Å². The summed E-state index contributed by atoms with van der Waals surface area (Å²) in [7, 11) is 0. The Bertz CT molecular complexity index is 761. The van der Waals surface area contributed by atoms with E-state index in [0.717, 1.165) is 19.3 Å². The smallest absolute Gasteiger partial charge is 0.312 e. The third-order valence-electron chi connectivity index (χ3n) is 6.67. The number of rotatable bonds is 12. The molecule has 8 nitrogen and oxygen atoms in total. The molecule has 1 spiro atoms. The Balaban J connectivity index is 1.97. The van der Waals surface area contributed by atoms with Crippen LogP contribution in [0, 0.1) is 11.8 Å². The Morgan fingerprint density at radius 3 is 2.75 bits per heavy atom. The lowest BCUT2D eigenvalue weighted by atomic mass is 9.70. The maximum absolute atomic E-state index is 13.8. The van der Waals surface area contributed by atoms with Crippen LogP contribution in [0.15, 0.2) is 25.3 Å². The summed E-state index contributed by atoms with van der Waals surface area (Å²) in [6, 6.07) is -0.906. The lowest BCUT2D eigenvalue weighted by molar-refractivity contribution is -0.154. The van der Waals surface area contributed by atoms with Gasteiger partial charge in [-0.2, -0.15) is 0 Å².